The molecule has 1 aliphatic heterocycles. The number of amides is 1. The quantitative estimate of drug-likeness (QED) is 0.587. The molecule has 2 nitrogen and oxygen atoms in total. The van der Waals surface area contributed by atoms with Crippen LogP contribution in [0.4, 0.5) is 0 Å². The van der Waals surface area contributed by atoms with Crippen LogP contribution >= 0.6 is 0 Å². The van der Waals surface area contributed by atoms with Gasteiger partial charge >= 0.3 is 0 Å². The Labute approximate surface area is 109 Å². The monoisotopic (exact) mass is 241 g/mol. The number of allylic oxidation sites excluding steroid dienone is 1. The van der Waals surface area contributed by atoms with Crippen molar-refractivity contribution in [3.8, 4) is 0 Å². The Balaban J connectivity index is 2.25. The van der Waals surface area contributed by atoms with E-state index in [2.05, 4.69) is 25.6 Å². The molecule has 1 saturated heterocycles. The third kappa shape index (κ3) is 2.10. The Morgan fingerprint density at radius 2 is 2.06 bits per heavy atom. The minimum atomic E-state index is 0.110. The van der Waals surface area contributed by atoms with Crippen LogP contribution in [0, 0.1) is 5.92 Å². The van der Waals surface area contributed by atoms with Crippen molar-refractivity contribution in [2.75, 3.05) is 6.54 Å². The molecule has 0 bridgehead atoms. The summed E-state index contributed by atoms with van der Waals surface area (Å²) in [6.07, 6.45) is 3.78. The van der Waals surface area contributed by atoms with Crippen LogP contribution in [0.25, 0.3) is 0 Å². The molecule has 1 aliphatic rings. The van der Waals surface area contributed by atoms with Gasteiger partial charge in [-0.05, 0) is 19.4 Å². The molecular formula is C16H19NO. The first-order valence-corrected chi connectivity index (χ1v) is 6.33. The Morgan fingerprint density at radius 3 is 2.56 bits per heavy atom. The van der Waals surface area contributed by atoms with Gasteiger partial charge in [-0.2, -0.15) is 0 Å². The fraction of sp³-hybridized carbons (Fsp3) is 0.312. The Morgan fingerprint density at radius 1 is 1.39 bits per heavy atom. The second-order valence-electron chi connectivity index (χ2n) is 4.63. The van der Waals surface area contributed by atoms with Crippen LogP contribution in [-0.2, 0) is 4.79 Å². The summed E-state index contributed by atoms with van der Waals surface area (Å²) in [5.41, 5.74) is 2.04. The van der Waals surface area contributed by atoms with Crippen molar-refractivity contribution in [3.63, 3.8) is 0 Å². The van der Waals surface area contributed by atoms with Crippen molar-refractivity contribution in [1.82, 2.24) is 4.90 Å². The van der Waals surface area contributed by atoms with E-state index in [1.807, 2.05) is 42.2 Å². The summed E-state index contributed by atoms with van der Waals surface area (Å²) in [4.78, 5) is 14.3. The van der Waals surface area contributed by atoms with Crippen molar-refractivity contribution >= 4 is 5.91 Å². The maximum Gasteiger partial charge on any atom is 0.250 e. The lowest BCUT2D eigenvalue weighted by atomic mass is 10.0. The second-order valence-corrected chi connectivity index (χ2v) is 4.63. The van der Waals surface area contributed by atoms with Crippen LogP contribution in [-0.4, -0.2) is 17.4 Å². The third-order valence-electron chi connectivity index (χ3n) is 3.65. The summed E-state index contributed by atoms with van der Waals surface area (Å²) in [5, 5.41) is 0. The average molecular weight is 241 g/mol. The minimum absolute atomic E-state index is 0.110. The van der Waals surface area contributed by atoms with Crippen LogP contribution < -0.4 is 0 Å². The van der Waals surface area contributed by atoms with E-state index in [9.17, 15) is 4.79 Å². The van der Waals surface area contributed by atoms with Crippen molar-refractivity contribution < 1.29 is 4.79 Å². The first kappa shape index (κ1) is 12.6. The highest BCUT2D eigenvalue weighted by Crippen LogP contribution is 2.32. The lowest BCUT2D eigenvalue weighted by Crippen LogP contribution is -2.28. The van der Waals surface area contributed by atoms with Gasteiger partial charge in [0.1, 0.15) is 0 Å². The molecule has 0 radical (unpaired) electrons. The number of nitrogens with zero attached hydrogens (tertiary/aromatic N) is 1. The number of carbonyl (C=O) groups excluding carboxylic acids is 1. The van der Waals surface area contributed by atoms with Gasteiger partial charge in [-0.1, -0.05) is 42.5 Å². The van der Waals surface area contributed by atoms with Gasteiger partial charge in [0.05, 0.1) is 6.04 Å². The minimum Gasteiger partial charge on any atom is -0.331 e. The first-order valence-electron chi connectivity index (χ1n) is 6.33. The lowest BCUT2D eigenvalue weighted by Gasteiger charge is -2.24. The van der Waals surface area contributed by atoms with Gasteiger partial charge in [0, 0.05) is 18.0 Å². The smallest absolute Gasteiger partial charge is 0.250 e. The molecule has 1 amide bonds. The van der Waals surface area contributed by atoms with Crippen LogP contribution in [0.15, 0.2) is 54.6 Å². The Hall–Kier alpha value is -1.83. The van der Waals surface area contributed by atoms with E-state index >= 15 is 0 Å². The molecule has 0 spiro atoms. The topological polar surface area (TPSA) is 20.3 Å². The van der Waals surface area contributed by atoms with Gasteiger partial charge in [0.2, 0.25) is 0 Å². The highest BCUT2D eigenvalue weighted by molar-refractivity contribution is 5.97. The van der Waals surface area contributed by atoms with Crippen molar-refractivity contribution in [2.24, 2.45) is 5.92 Å². The van der Waals surface area contributed by atoms with Gasteiger partial charge in [-0.3, -0.25) is 4.79 Å². The van der Waals surface area contributed by atoms with Crippen LogP contribution in [0.1, 0.15) is 25.5 Å². The molecular weight excluding hydrogens is 222 g/mol. The summed E-state index contributed by atoms with van der Waals surface area (Å²) < 4.78 is 0. The maximum absolute atomic E-state index is 12.3. The third-order valence-corrected chi connectivity index (χ3v) is 3.65. The van der Waals surface area contributed by atoms with E-state index in [0.717, 1.165) is 12.1 Å². The SMILES string of the molecule is C=C[C@H]1CN([C@H](C)c2ccccc2)C(=O)C1=CC. The molecule has 1 fully saturated rings. The van der Waals surface area contributed by atoms with Crippen molar-refractivity contribution in [2.45, 2.75) is 19.9 Å². The van der Waals surface area contributed by atoms with E-state index in [1.165, 1.54) is 5.56 Å². The fourth-order valence-electron chi connectivity index (χ4n) is 2.50. The summed E-state index contributed by atoms with van der Waals surface area (Å²) in [5.74, 6) is 0.299. The average Bonchev–Trinajstić information content (AvgIpc) is 2.75. The molecule has 94 valence electrons. The molecule has 0 unspecified atom stereocenters. The number of hydrogen-bond acceptors (Lipinski definition) is 1. The molecule has 1 heterocycles. The normalized spacial score (nSPS) is 23.4. The summed E-state index contributed by atoms with van der Waals surface area (Å²) in [6.45, 7) is 8.55. The molecule has 18 heavy (non-hydrogen) atoms. The fourth-order valence-corrected chi connectivity index (χ4v) is 2.50. The van der Waals surface area contributed by atoms with E-state index in [4.69, 9.17) is 0 Å². The molecule has 1 aromatic rings. The van der Waals surface area contributed by atoms with E-state index in [0.29, 0.717) is 0 Å². The zero-order chi connectivity index (χ0) is 13.1. The van der Waals surface area contributed by atoms with E-state index in [1.54, 1.807) is 0 Å². The molecule has 2 rings (SSSR count). The zero-order valence-electron chi connectivity index (χ0n) is 11.0. The van der Waals surface area contributed by atoms with E-state index < -0.39 is 0 Å². The molecule has 0 aromatic heterocycles. The molecule has 0 aliphatic carbocycles. The molecule has 2 atom stereocenters. The molecule has 2 heteroatoms. The van der Waals surface area contributed by atoms with Gasteiger partial charge < -0.3 is 4.90 Å². The largest absolute Gasteiger partial charge is 0.331 e. The number of hydrogen-bond donors (Lipinski definition) is 0. The summed E-state index contributed by atoms with van der Waals surface area (Å²) >= 11 is 0. The van der Waals surface area contributed by atoms with Gasteiger partial charge in [-0.25, -0.2) is 0 Å². The lowest BCUT2D eigenvalue weighted by molar-refractivity contribution is -0.126. The highest BCUT2D eigenvalue weighted by Gasteiger charge is 2.35. The Bertz CT molecular complexity index is 475. The Kier molecular flexibility index (Phi) is 3.66. The molecule has 1 aromatic carbocycles. The van der Waals surface area contributed by atoms with Gasteiger partial charge in [-0.15, -0.1) is 6.58 Å². The predicted octanol–water partition coefficient (Wildman–Crippen LogP) is 3.34. The first-order chi connectivity index (χ1) is 8.69. The number of carbonyl (C=O) groups is 1. The van der Waals surface area contributed by atoms with Crippen molar-refractivity contribution in [3.05, 3.63) is 60.2 Å². The number of benzene rings is 1. The molecule has 0 N–H and O–H groups in total. The molecule has 0 saturated carbocycles. The van der Waals surface area contributed by atoms with Crippen LogP contribution in [0.2, 0.25) is 0 Å². The summed E-state index contributed by atoms with van der Waals surface area (Å²) in [6, 6.07) is 10.2. The van der Waals surface area contributed by atoms with Crippen LogP contribution in [0.5, 0.6) is 0 Å². The predicted molar refractivity (Wildman–Crippen MR) is 74.0 cm³/mol. The highest BCUT2D eigenvalue weighted by atomic mass is 16.2. The van der Waals surface area contributed by atoms with E-state index in [-0.39, 0.29) is 17.9 Å². The van der Waals surface area contributed by atoms with Crippen LogP contribution in [0.3, 0.4) is 0 Å². The number of likely N-dealkylation sites (tertiary alicyclic amines) is 1. The zero-order valence-corrected chi connectivity index (χ0v) is 11.0. The standard InChI is InChI=1S/C16H19NO/c1-4-13-11-17(16(18)15(13)5-2)12(3)14-9-7-6-8-10-14/h4-10,12-13H,1,11H2,2-3H3/t12-,13+/m1/s1. The maximum atomic E-state index is 12.3. The van der Waals surface area contributed by atoms with Gasteiger partial charge in [0.15, 0.2) is 0 Å². The summed E-state index contributed by atoms with van der Waals surface area (Å²) in [7, 11) is 0. The number of rotatable bonds is 3. The van der Waals surface area contributed by atoms with Gasteiger partial charge in [0.25, 0.3) is 5.91 Å². The van der Waals surface area contributed by atoms with Crippen molar-refractivity contribution in [1.29, 1.82) is 0 Å². The second kappa shape index (κ2) is 5.21.